The van der Waals surface area contributed by atoms with Crippen molar-refractivity contribution in [3.63, 3.8) is 0 Å². The summed E-state index contributed by atoms with van der Waals surface area (Å²) in [5.74, 6) is 0. The number of nitrogens with zero attached hydrogens (tertiary/aromatic N) is 2. The molecule has 1 aromatic heterocycles. The molecule has 0 atom stereocenters. The third-order valence-electron chi connectivity index (χ3n) is 3.01. The van der Waals surface area contributed by atoms with Gasteiger partial charge in [-0.15, -0.1) is 0 Å². The first-order valence-corrected chi connectivity index (χ1v) is 8.44. The van der Waals surface area contributed by atoms with Crippen LogP contribution in [-0.4, -0.2) is 25.0 Å². The lowest BCUT2D eigenvalue weighted by Crippen LogP contribution is -2.32. The Balaban J connectivity index is 0.000000922. The molecule has 0 N–H and O–H groups in total. The summed E-state index contributed by atoms with van der Waals surface area (Å²) < 4.78 is 54.3. The molecule has 0 aromatic carbocycles. The van der Waals surface area contributed by atoms with Crippen LogP contribution in [0.4, 0.5) is 17.3 Å². The maximum atomic E-state index is 9.75. The summed E-state index contributed by atoms with van der Waals surface area (Å²) in [5.41, 5.74) is 0. The van der Waals surface area contributed by atoms with Gasteiger partial charge in [0.1, 0.15) is 12.4 Å². The van der Waals surface area contributed by atoms with Gasteiger partial charge in [0, 0.05) is 0 Å². The largest absolute Gasteiger partial charge is 0.673 e. The van der Waals surface area contributed by atoms with Crippen LogP contribution in [0.15, 0.2) is 18.7 Å². The van der Waals surface area contributed by atoms with Crippen LogP contribution in [0.5, 0.6) is 0 Å². The highest BCUT2D eigenvalue weighted by atomic mass is 19.5. The molecule has 0 radical (unpaired) electrons. The zero-order valence-corrected chi connectivity index (χ0v) is 14.6. The van der Waals surface area contributed by atoms with Crippen LogP contribution in [-0.2, 0) is 22.9 Å². The summed E-state index contributed by atoms with van der Waals surface area (Å²) in [6.45, 7) is 7.36. The van der Waals surface area contributed by atoms with Crippen LogP contribution < -0.4 is 4.57 Å². The van der Waals surface area contributed by atoms with Gasteiger partial charge in [-0.1, -0.05) is 39.5 Å². The molecule has 0 unspecified atom stereocenters. The fourth-order valence-electron chi connectivity index (χ4n) is 1.84. The van der Waals surface area contributed by atoms with E-state index in [1.165, 1.54) is 25.7 Å². The Morgan fingerprint density at radius 2 is 1.46 bits per heavy atom. The summed E-state index contributed by atoms with van der Waals surface area (Å²) in [6, 6.07) is 0. The van der Waals surface area contributed by atoms with Gasteiger partial charge in [0.2, 0.25) is 6.33 Å². The van der Waals surface area contributed by atoms with Gasteiger partial charge in [-0.2, -0.15) is 0 Å². The molecular weight excluding hydrogens is 327 g/mol. The van der Waals surface area contributed by atoms with Gasteiger partial charge in [0.05, 0.1) is 13.2 Å². The first-order chi connectivity index (χ1) is 11.4. The Morgan fingerprint density at radius 1 is 0.917 bits per heavy atom. The van der Waals surface area contributed by atoms with E-state index in [4.69, 9.17) is 9.47 Å². The fraction of sp³-hybridized carbons (Fsp3) is 0.800. The molecule has 1 aromatic rings. The second kappa shape index (κ2) is 14.3. The summed E-state index contributed by atoms with van der Waals surface area (Å²) in [7, 11) is -6.00. The van der Waals surface area contributed by atoms with Crippen molar-refractivity contribution in [3.8, 4) is 0 Å². The maximum absolute atomic E-state index is 9.75. The first-order valence-electron chi connectivity index (χ1n) is 8.44. The lowest BCUT2D eigenvalue weighted by molar-refractivity contribution is -0.732. The molecule has 4 nitrogen and oxygen atoms in total. The zero-order valence-electron chi connectivity index (χ0n) is 14.6. The van der Waals surface area contributed by atoms with Gasteiger partial charge >= 0.3 is 7.25 Å². The maximum Gasteiger partial charge on any atom is 0.673 e. The molecule has 0 amide bonds. The highest BCUT2D eigenvalue weighted by molar-refractivity contribution is 6.50. The average Bonchev–Trinajstić information content (AvgIpc) is 2.93. The highest BCUT2D eigenvalue weighted by Crippen LogP contribution is 2.06. The van der Waals surface area contributed by atoms with Crippen molar-refractivity contribution in [1.29, 1.82) is 0 Å². The van der Waals surface area contributed by atoms with E-state index < -0.39 is 7.25 Å². The monoisotopic (exact) mass is 356 g/mol. The molecule has 9 heteroatoms. The second-order valence-electron chi connectivity index (χ2n) is 5.43. The summed E-state index contributed by atoms with van der Waals surface area (Å²) in [4.78, 5) is 0. The third-order valence-corrected chi connectivity index (χ3v) is 3.01. The van der Waals surface area contributed by atoms with E-state index in [0.717, 1.165) is 26.1 Å². The van der Waals surface area contributed by atoms with Gasteiger partial charge < -0.3 is 26.7 Å². The van der Waals surface area contributed by atoms with E-state index in [0.29, 0.717) is 13.5 Å². The number of rotatable bonds is 12. The molecular formula is C15H29BF4N2O2. The predicted molar refractivity (Wildman–Crippen MR) is 85.8 cm³/mol. The second-order valence-corrected chi connectivity index (χ2v) is 5.43. The number of ether oxygens (including phenoxy) is 2. The molecule has 0 saturated heterocycles. The average molecular weight is 356 g/mol. The van der Waals surface area contributed by atoms with E-state index in [9.17, 15) is 17.3 Å². The van der Waals surface area contributed by atoms with Crippen LogP contribution in [0, 0.1) is 0 Å². The molecule has 0 spiro atoms. The molecule has 142 valence electrons. The minimum Gasteiger partial charge on any atom is -0.418 e. The van der Waals surface area contributed by atoms with Gasteiger partial charge in [-0.25, -0.2) is 9.13 Å². The van der Waals surface area contributed by atoms with Crippen LogP contribution in [0.2, 0.25) is 0 Å². The predicted octanol–water partition coefficient (Wildman–Crippen LogP) is 4.40. The van der Waals surface area contributed by atoms with Crippen molar-refractivity contribution in [2.75, 3.05) is 13.2 Å². The van der Waals surface area contributed by atoms with Crippen LogP contribution in [0.25, 0.3) is 0 Å². The topological polar surface area (TPSA) is 27.3 Å². The molecule has 0 fully saturated rings. The standard InChI is InChI=1S/C15H29N2O2.BF4/c1-3-5-7-11-18-14-16-9-10-17(13-16)15-19-12-8-6-4-2;2-1(3,4)5/h9-10,13H,3-8,11-12,14-15H2,1-2H3;/q+1;-1. The van der Waals surface area contributed by atoms with Crippen LogP contribution >= 0.6 is 0 Å². The summed E-state index contributed by atoms with van der Waals surface area (Å²) >= 11 is 0. The van der Waals surface area contributed by atoms with Crippen molar-refractivity contribution >= 4 is 7.25 Å². The SMILES string of the molecule is CCCCCOCn1cc[n+](COCCCCC)c1.F[B-](F)(F)F. The molecule has 0 bridgehead atoms. The third kappa shape index (κ3) is 17.3. The lowest BCUT2D eigenvalue weighted by atomic mass is 10.3. The van der Waals surface area contributed by atoms with Gasteiger partial charge in [0.25, 0.3) is 0 Å². The fourth-order valence-corrected chi connectivity index (χ4v) is 1.84. The molecule has 1 heterocycles. The van der Waals surface area contributed by atoms with Crippen LogP contribution in [0.1, 0.15) is 52.4 Å². The van der Waals surface area contributed by atoms with E-state index in [1.807, 2.05) is 27.9 Å². The summed E-state index contributed by atoms with van der Waals surface area (Å²) in [5, 5.41) is 0. The number of aromatic nitrogens is 2. The Morgan fingerprint density at radius 3 is 2.00 bits per heavy atom. The molecule has 0 aliphatic heterocycles. The molecule has 0 aliphatic rings. The van der Waals surface area contributed by atoms with Crippen molar-refractivity contribution in [2.24, 2.45) is 0 Å². The molecule has 0 aliphatic carbocycles. The molecule has 1 rings (SSSR count). The zero-order chi connectivity index (χ0) is 18.3. The van der Waals surface area contributed by atoms with Crippen molar-refractivity contribution in [2.45, 2.75) is 65.8 Å². The Hall–Kier alpha value is -1.09. The molecule has 24 heavy (non-hydrogen) atoms. The number of hydrogen-bond acceptors (Lipinski definition) is 2. The quantitative estimate of drug-likeness (QED) is 0.240. The molecule has 0 saturated carbocycles. The minimum atomic E-state index is -6.00. The normalized spacial score (nSPS) is 11.2. The van der Waals surface area contributed by atoms with E-state index in [-0.39, 0.29) is 0 Å². The number of hydrogen-bond donors (Lipinski definition) is 0. The van der Waals surface area contributed by atoms with E-state index in [2.05, 4.69) is 13.8 Å². The van der Waals surface area contributed by atoms with Crippen LogP contribution in [0.3, 0.4) is 0 Å². The highest BCUT2D eigenvalue weighted by Gasteiger charge is 2.20. The van der Waals surface area contributed by atoms with Gasteiger partial charge in [-0.05, 0) is 12.8 Å². The lowest BCUT2D eigenvalue weighted by Gasteiger charge is -2.01. The van der Waals surface area contributed by atoms with E-state index >= 15 is 0 Å². The smallest absolute Gasteiger partial charge is 0.418 e. The number of imidazole rings is 1. The first kappa shape index (κ1) is 22.9. The minimum absolute atomic E-state index is 0.631. The number of halogens is 4. The van der Waals surface area contributed by atoms with Crippen molar-refractivity contribution in [3.05, 3.63) is 18.7 Å². The van der Waals surface area contributed by atoms with E-state index in [1.54, 1.807) is 0 Å². The van der Waals surface area contributed by atoms with Crippen molar-refractivity contribution < 1.29 is 31.3 Å². The van der Waals surface area contributed by atoms with Gasteiger partial charge in [-0.3, -0.25) is 0 Å². The van der Waals surface area contributed by atoms with Gasteiger partial charge in [0.15, 0.2) is 13.5 Å². The Labute approximate surface area is 141 Å². The number of unbranched alkanes of at least 4 members (excludes halogenated alkanes) is 4. The summed E-state index contributed by atoms with van der Waals surface area (Å²) in [6.07, 6.45) is 13.3. The Bertz CT molecular complexity index is 369. The van der Waals surface area contributed by atoms with Crippen molar-refractivity contribution in [1.82, 2.24) is 4.57 Å². The Kier molecular flexibility index (Phi) is 13.6.